The fraction of sp³-hybridized carbons (Fsp3) is 0.562. The Morgan fingerprint density at radius 3 is 2.55 bits per heavy atom. The summed E-state index contributed by atoms with van der Waals surface area (Å²) in [6, 6.07) is 5.71. The first-order valence-electron chi connectivity index (χ1n) is 7.13. The topological polar surface area (TPSA) is 20.3 Å². The van der Waals surface area contributed by atoms with Gasteiger partial charge in [0.2, 0.25) is 0 Å². The fourth-order valence-corrected chi connectivity index (χ4v) is 3.42. The van der Waals surface area contributed by atoms with E-state index in [4.69, 9.17) is 11.6 Å². The van der Waals surface area contributed by atoms with Crippen LogP contribution in [0.3, 0.4) is 0 Å². The van der Waals surface area contributed by atoms with Crippen LogP contribution in [0, 0.1) is 0 Å². The smallest absolute Gasteiger partial charge is 0.156 e. The highest BCUT2D eigenvalue weighted by Crippen LogP contribution is 2.26. The Morgan fingerprint density at radius 2 is 1.95 bits per heavy atom. The Morgan fingerprint density at radius 1 is 1.30 bits per heavy atom. The number of hydrogen-bond donors (Lipinski definition) is 0. The molecule has 1 heterocycles. The zero-order valence-electron chi connectivity index (χ0n) is 12.1. The standard InChI is InChI=1S/C16H21BrClNO/c1-16(2,19-8-4-3-5-9-19)15(20)10-12-6-7-13(17)11-14(12)18/h6-7,11H,3-5,8-10H2,1-2H3. The first kappa shape index (κ1) is 16.0. The fourth-order valence-electron chi connectivity index (χ4n) is 2.68. The Labute approximate surface area is 134 Å². The van der Waals surface area contributed by atoms with Crippen molar-refractivity contribution >= 4 is 33.3 Å². The van der Waals surface area contributed by atoms with E-state index in [0.29, 0.717) is 11.4 Å². The normalized spacial score (nSPS) is 17.2. The molecule has 2 rings (SSSR count). The number of rotatable bonds is 4. The molecule has 4 heteroatoms. The van der Waals surface area contributed by atoms with Crippen LogP contribution in [0.4, 0.5) is 0 Å². The zero-order valence-corrected chi connectivity index (χ0v) is 14.4. The van der Waals surface area contributed by atoms with Gasteiger partial charge in [-0.15, -0.1) is 0 Å². The molecule has 0 atom stereocenters. The molecule has 1 aliphatic heterocycles. The van der Waals surface area contributed by atoms with Crippen LogP contribution in [0.25, 0.3) is 0 Å². The minimum atomic E-state index is -0.406. The van der Waals surface area contributed by atoms with E-state index in [2.05, 4.69) is 20.8 Å². The SMILES string of the molecule is CC(C)(C(=O)Cc1ccc(Br)cc1Cl)N1CCCCC1. The van der Waals surface area contributed by atoms with Crippen LogP contribution in [0.15, 0.2) is 22.7 Å². The van der Waals surface area contributed by atoms with Crippen molar-refractivity contribution in [1.29, 1.82) is 0 Å². The van der Waals surface area contributed by atoms with Crippen molar-refractivity contribution in [2.75, 3.05) is 13.1 Å². The summed E-state index contributed by atoms with van der Waals surface area (Å²) >= 11 is 9.60. The molecule has 0 bridgehead atoms. The third-order valence-corrected chi connectivity index (χ3v) is 5.04. The van der Waals surface area contributed by atoms with Crippen molar-refractivity contribution in [2.45, 2.75) is 45.1 Å². The lowest BCUT2D eigenvalue weighted by atomic mass is 9.90. The summed E-state index contributed by atoms with van der Waals surface area (Å²) < 4.78 is 0.939. The molecule has 0 N–H and O–H groups in total. The van der Waals surface area contributed by atoms with E-state index in [9.17, 15) is 4.79 Å². The van der Waals surface area contributed by atoms with Gasteiger partial charge in [-0.05, 0) is 57.5 Å². The quantitative estimate of drug-likeness (QED) is 0.791. The first-order chi connectivity index (χ1) is 9.41. The van der Waals surface area contributed by atoms with Gasteiger partial charge < -0.3 is 0 Å². The van der Waals surface area contributed by atoms with Crippen LogP contribution < -0.4 is 0 Å². The summed E-state index contributed by atoms with van der Waals surface area (Å²) in [5, 5.41) is 0.655. The van der Waals surface area contributed by atoms with Crippen molar-refractivity contribution < 1.29 is 4.79 Å². The third-order valence-electron chi connectivity index (χ3n) is 4.20. The van der Waals surface area contributed by atoms with Gasteiger partial charge in [0.1, 0.15) is 0 Å². The maximum atomic E-state index is 12.7. The molecule has 0 aliphatic carbocycles. The van der Waals surface area contributed by atoms with Crippen molar-refractivity contribution in [3.05, 3.63) is 33.3 Å². The molecule has 1 aliphatic rings. The number of carbonyl (C=O) groups is 1. The Kier molecular flexibility index (Phi) is 5.27. The summed E-state index contributed by atoms with van der Waals surface area (Å²) in [6.45, 7) is 6.11. The number of piperidine rings is 1. The van der Waals surface area contributed by atoms with Crippen LogP contribution in [0.5, 0.6) is 0 Å². The molecule has 0 saturated carbocycles. The number of hydrogen-bond acceptors (Lipinski definition) is 2. The number of ketones is 1. The number of Topliss-reactive ketones (excluding diaryl/α,β-unsaturated/α-hetero) is 1. The second-order valence-corrected chi connectivity index (χ2v) is 7.27. The second-order valence-electron chi connectivity index (χ2n) is 5.94. The van der Waals surface area contributed by atoms with Crippen LogP contribution in [-0.2, 0) is 11.2 Å². The van der Waals surface area contributed by atoms with E-state index in [1.165, 1.54) is 19.3 Å². The molecule has 0 unspecified atom stereocenters. The lowest BCUT2D eigenvalue weighted by Crippen LogP contribution is -2.52. The van der Waals surface area contributed by atoms with E-state index in [0.717, 1.165) is 23.1 Å². The van der Waals surface area contributed by atoms with E-state index < -0.39 is 5.54 Å². The summed E-state index contributed by atoms with van der Waals surface area (Å²) in [7, 11) is 0. The average Bonchev–Trinajstić information content (AvgIpc) is 2.42. The molecule has 0 spiro atoms. The van der Waals surface area contributed by atoms with Crippen LogP contribution in [0.2, 0.25) is 5.02 Å². The van der Waals surface area contributed by atoms with Gasteiger partial charge in [0.25, 0.3) is 0 Å². The summed E-state index contributed by atoms with van der Waals surface area (Å²) in [5.74, 6) is 0.239. The van der Waals surface area contributed by atoms with Gasteiger partial charge in [0.15, 0.2) is 5.78 Å². The Hall–Kier alpha value is -0.380. The van der Waals surface area contributed by atoms with Crippen molar-refractivity contribution in [1.82, 2.24) is 4.90 Å². The maximum Gasteiger partial charge on any atom is 0.156 e. The lowest BCUT2D eigenvalue weighted by molar-refractivity contribution is -0.129. The van der Waals surface area contributed by atoms with Crippen LogP contribution in [-0.4, -0.2) is 29.3 Å². The summed E-state index contributed by atoms with van der Waals surface area (Å²) in [6.07, 6.45) is 4.06. The maximum absolute atomic E-state index is 12.7. The molecule has 0 radical (unpaired) electrons. The molecule has 1 aromatic rings. The average molecular weight is 359 g/mol. The summed E-state index contributed by atoms with van der Waals surface area (Å²) in [4.78, 5) is 15.0. The molecular weight excluding hydrogens is 338 g/mol. The van der Waals surface area contributed by atoms with Crippen LogP contribution >= 0.6 is 27.5 Å². The molecule has 20 heavy (non-hydrogen) atoms. The van der Waals surface area contributed by atoms with E-state index in [-0.39, 0.29) is 5.78 Å². The number of halogens is 2. The van der Waals surface area contributed by atoms with Crippen LogP contribution in [0.1, 0.15) is 38.7 Å². The molecule has 0 amide bonds. The van der Waals surface area contributed by atoms with Gasteiger partial charge in [0.05, 0.1) is 5.54 Å². The number of likely N-dealkylation sites (tertiary alicyclic amines) is 1. The number of carbonyl (C=O) groups excluding carboxylic acids is 1. The van der Waals surface area contributed by atoms with Gasteiger partial charge >= 0.3 is 0 Å². The molecule has 110 valence electrons. The van der Waals surface area contributed by atoms with Gasteiger partial charge in [-0.1, -0.05) is 40.0 Å². The predicted octanol–water partition coefficient (Wildman–Crippen LogP) is 4.48. The molecule has 0 aromatic heterocycles. The molecular formula is C16H21BrClNO. The molecule has 2 nitrogen and oxygen atoms in total. The number of nitrogens with zero attached hydrogens (tertiary/aromatic N) is 1. The molecule has 1 fully saturated rings. The third kappa shape index (κ3) is 3.63. The monoisotopic (exact) mass is 357 g/mol. The Bertz CT molecular complexity index is 495. The molecule has 1 saturated heterocycles. The highest BCUT2D eigenvalue weighted by Gasteiger charge is 2.34. The van der Waals surface area contributed by atoms with E-state index >= 15 is 0 Å². The van der Waals surface area contributed by atoms with Gasteiger partial charge in [-0.2, -0.15) is 0 Å². The minimum Gasteiger partial charge on any atom is -0.297 e. The van der Waals surface area contributed by atoms with Gasteiger partial charge in [0, 0.05) is 15.9 Å². The highest BCUT2D eigenvalue weighted by molar-refractivity contribution is 9.10. The van der Waals surface area contributed by atoms with E-state index in [1.807, 2.05) is 32.0 Å². The lowest BCUT2D eigenvalue weighted by Gasteiger charge is -2.39. The first-order valence-corrected chi connectivity index (χ1v) is 8.30. The predicted molar refractivity (Wildman–Crippen MR) is 87.4 cm³/mol. The van der Waals surface area contributed by atoms with Crippen molar-refractivity contribution in [2.24, 2.45) is 0 Å². The Balaban J connectivity index is 2.09. The van der Waals surface area contributed by atoms with Gasteiger partial charge in [-0.3, -0.25) is 9.69 Å². The summed E-state index contributed by atoms with van der Waals surface area (Å²) in [5.41, 5.74) is 0.501. The largest absolute Gasteiger partial charge is 0.297 e. The minimum absolute atomic E-state index is 0.239. The zero-order chi connectivity index (χ0) is 14.8. The highest BCUT2D eigenvalue weighted by atomic mass is 79.9. The second kappa shape index (κ2) is 6.59. The van der Waals surface area contributed by atoms with Crippen molar-refractivity contribution in [3.63, 3.8) is 0 Å². The van der Waals surface area contributed by atoms with E-state index in [1.54, 1.807) is 0 Å². The van der Waals surface area contributed by atoms with Crippen molar-refractivity contribution in [3.8, 4) is 0 Å². The number of benzene rings is 1. The molecule has 1 aromatic carbocycles. The van der Waals surface area contributed by atoms with Gasteiger partial charge in [-0.25, -0.2) is 0 Å².